The van der Waals surface area contributed by atoms with Crippen LogP contribution in [0.5, 0.6) is 5.75 Å². The molecule has 0 spiro atoms. The van der Waals surface area contributed by atoms with Crippen LogP contribution in [-0.4, -0.2) is 22.1 Å². The molecule has 3 aromatic heterocycles. The number of hydrogen-bond donors (Lipinski definition) is 0. The van der Waals surface area contributed by atoms with E-state index >= 15 is 0 Å². The van der Waals surface area contributed by atoms with Gasteiger partial charge in [-0.05, 0) is 47.5 Å². The van der Waals surface area contributed by atoms with Crippen LogP contribution in [0.15, 0.2) is 85.6 Å². The Bertz CT molecular complexity index is 1010. The molecule has 0 saturated carbocycles. The Morgan fingerprint density at radius 3 is 1.96 bits per heavy atom. The van der Waals surface area contributed by atoms with Crippen LogP contribution in [0.2, 0.25) is 0 Å². The normalized spacial score (nSPS) is 10.1. The van der Waals surface area contributed by atoms with Crippen molar-refractivity contribution in [2.24, 2.45) is 0 Å². The monoisotopic (exact) mass is 397 g/mol. The molecule has 0 atom stereocenters. The standard InChI is InChI=1S/C22H17N3O.Ni/c1-26-19-8-6-16(7-9-19)20-10-13-25-22(18-5-3-12-24-15-18)21(20)17-4-2-11-23-14-17;/h2-15H,1H3;. The molecule has 1 aromatic carbocycles. The van der Waals surface area contributed by atoms with Crippen molar-refractivity contribution in [3.8, 4) is 39.3 Å². The number of nitrogens with zero attached hydrogens (tertiary/aromatic N) is 3. The third kappa shape index (κ3) is 3.89. The van der Waals surface area contributed by atoms with Crippen LogP contribution >= 0.6 is 0 Å². The van der Waals surface area contributed by atoms with Crippen molar-refractivity contribution in [1.29, 1.82) is 0 Å². The first-order valence-corrected chi connectivity index (χ1v) is 8.31. The second-order valence-electron chi connectivity index (χ2n) is 5.79. The molecule has 0 N–H and O–H groups in total. The largest absolute Gasteiger partial charge is 0.497 e. The zero-order chi connectivity index (χ0) is 17.8. The second-order valence-corrected chi connectivity index (χ2v) is 5.79. The summed E-state index contributed by atoms with van der Waals surface area (Å²) in [5.74, 6) is 0.832. The second kappa shape index (κ2) is 8.56. The summed E-state index contributed by atoms with van der Waals surface area (Å²) in [6, 6.07) is 18.0. The molecule has 4 nitrogen and oxygen atoms in total. The van der Waals surface area contributed by atoms with Crippen LogP contribution in [0.1, 0.15) is 0 Å². The predicted octanol–water partition coefficient (Wildman–Crippen LogP) is 4.88. The van der Waals surface area contributed by atoms with Crippen molar-refractivity contribution >= 4 is 0 Å². The Hall–Kier alpha value is -3.04. The van der Waals surface area contributed by atoms with E-state index in [2.05, 4.69) is 33.2 Å². The molecular formula is C22H17N3NiO. The average molecular weight is 398 g/mol. The van der Waals surface area contributed by atoms with Crippen molar-refractivity contribution in [2.45, 2.75) is 0 Å². The molecular weight excluding hydrogens is 381 g/mol. The van der Waals surface area contributed by atoms with Crippen LogP contribution in [-0.2, 0) is 16.5 Å². The molecule has 27 heavy (non-hydrogen) atoms. The van der Waals surface area contributed by atoms with Crippen LogP contribution in [0.3, 0.4) is 0 Å². The molecule has 0 saturated heterocycles. The molecule has 4 rings (SSSR count). The fourth-order valence-corrected chi connectivity index (χ4v) is 3.00. The first-order chi connectivity index (χ1) is 12.9. The fourth-order valence-electron chi connectivity index (χ4n) is 3.00. The SMILES string of the molecule is COc1ccc(-c2ccnc(-c3cccnc3)c2-c2cccnc2)cc1.[Ni]. The van der Waals surface area contributed by atoms with Gasteiger partial charge in [0.05, 0.1) is 12.8 Å². The van der Waals surface area contributed by atoms with E-state index in [-0.39, 0.29) is 16.5 Å². The van der Waals surface area contributed by atoms with E-state index < -0.39 is 0 Å². The summed E-state index contributed by atoms with van der Waals surface area (Å²) in [7, 11) is 1.67. The van der Waals surface area contributed by atoms with E-state index in [0.29, 0.717) is 0 Å². The number of pyridine rings is 3. The first-order valence-electron chi connectivity index (χ1n) is 8.31. The van der Waals surface area contributed by atoms with Gasteiger partial charge in [-0.25, -0.2) is 0 Å². The zero-order valence-corrected chi connectivity index (χ0v) is 15.6. The third-order valence-electron chi connectivity index (χ3n) is 4.24. The number of methoxy groups -OCH3 is 1. The molecule has 0 amide bonds. The van der Waals surface area contributed by atoms with E-state index in [4.69, 9.17) is 4.74 Å². The summed E-state index contributed by atoms with van der Waals surface area (Å²) in [5.41, 5.74) is 6.11. The minimum atomic E-state index is 0. The Kier molecular flexibility index (Phi) is 5.95. The smallest absolute Gasteiger partial charge is 0.118 e. The van der Waals surface area contributed by atoms with Crippen LogP contribution < -0.4 is 4.74 Å². The molecule has 0 radical (unpaired) electrons. The number of rotatable bonds is 4. The van der Waals surface area contributed by atoms with Gasteiger partial charge in [-0.2, -0.15) is 0 Å². The van der Waals surface area contributed by atoms with E-state index in [0.717, 1.165) is 39.3 Å². The molecule has 0 aliphatic rings. The van der Waals surface area contributed by atoms with Crippen molar-refractivity contribution in [1.82, 2.24) is 15.0 Å². The number of ether oxygens (including phenoxy) is 1. The van der Waals surface area contributed by atoms with Gasteiger partial charge in [0.25, 0.3) is 0 Å². The molecule has 0 aliphatic heterocycles. The molecule has 5 heteroatoms. The molecule has 136 valence electrons. The van der Waals surface area contributed by atoms with Gasteiger partial charge < -0.3 is 4.74 Å². The van der Waals surface area contributed by atoms with Crippen molar-refractivity contribution in [3.63, 3.8) is 0 Å². The van der Waals surface area contributed by atoms with Crippen LogP contribution in [0.4, 0.5) is 0 Å². The Balaban J connectivity index is 0.00000210. The molecule has 3 heterocycles. The Morgan fingerprint density at radius 1 is 0.704 bits per heavy atom. The summed E-state index contributed by atoms with van der Waals surface area (Å²) in [6.07, 6.45) is 9.07. The topological polar surface area (TPSA) is 47.9 Å². The van der Waals surface area contributed by atoms with Gasteiger partial charge >= 0.3 is 0 Å². The predicted molar refractivity (Wildman–Crippen MR) is 103 cm³/mol. The summed E-state index contributed by atoms with van der Waals surface area (Å²) >= 11 is 0. The van der Waals surface area contributed by atoms with Gasteiger partial charge in [-0.1, -0.05) is 18.2 Å². The van der Waals surface area contributed by atoms with E-state index in [9.17, 15) is 0 Å². The summed E-state index contributed by atoms with van der Waals surface area (Å²) in [4.78, 5) is 13.2. The zero-order valence-electron chi connectivity index (χ0n) is 14.6. The number of aromatic nitrogens is 3. The molecule has 4 aromatic rings. The first kappa shape index (κ1) is 18.7. The minimum Gasteiger partial charge on any atom is -0.497 e. The molecule has 0 unspecified atom stereocenters. The van der Waals surface area contributed by atoms with E-state index in [1.165, 1.54) is 0 Å². The Morgan fingerprint density at radius 2 is 1.37 bits per heavy atom. The van der Waals surface area contributed by atoms with Gasteiger partial charge in [-0.3, -0.25) is 15.0 Å². The Labute approximate surface area is 168 Å². The van der Waals surface area contributed by atoms with Crippen molar-refractivity contribution in [2.75, 3.05) is 7.11 Å². The maximum atomic E-state index is 5.28. The van der Waals surface area contributed by atoms with E-state index in [1.54, 1.807) is 19.5 Å². The van der Waals surface area contributed by atoms with Gasteiger partial charge in [0, 0.05) is 64.2 Å². The van der Waals surface area contributed by atoms with E-state index in [1.807, 2.05) is 55.0 Å². The van der Waals surface area contributed by atoms with Crippen molar-refractivity contribution < 1.29 is 21.2 Å². The number of benzene rings is 1. The number of hydrogen-bond acceptors (Lipinski definition) is 4. The van der Waals surface area contributed by atoms with Crippen LogP contribution in [0, 0.1) is 0 Å². The van der Waals surface area contributed by atoms with Gasteiger partial charge in [0.1, 0.15) is 5.75 Å². The maximum absolute atomic E-state index is 5.28. The molecule has 0 fully saturated rings. The quantitative estimate of drug-likeness (QED) is 0.460. The summed E-state index contributed by atoms with van der Waals surface area (Å²) in [5, 5.41) is 0. The fraction of sp³-hybridized carbons (Fsp3) is 0.0455. The summed E-state index contributed by atoms with van der Waals surface area (Å²) < 4.78 is 5.28. The molecule has 0 aliphatic carbocycles. The summed E-state index contributed by atoms with van der Waals surface area (Å²) in [6.45, 7) is 0. The third-order valence-corrected chi connectivity index (χ3v) is 4.24. The van der Waals surface area contributed by atoms with Crippen LogP contribution in [0.25, 0.3) is 33.5 Å². The van der Waals surface area contributed by atoms with Crippen molar-refractivity contribution in [3.05, 3.63) is 85.6 Å². The maximum Gasteiger partial charge on any atom is 0.118 e. The van der Waals surface area contributed by atoms with Gasteiger partial charge in [0.15, 0.2) is 0 Å². The molecule has 0 bridgehead atoms. The van der Waals surface area contributed by atoms with Gasteiger partial charge in [-0.15, -0.1) is 0 Å². The average Bonchev–Trinajstić information content (AvgIpc) is 2.74. The van der Waals surface area contributed by atoms with Gasteiger partial charge in [0.2, 0.25) is 0 Å². The minimum absolute atomic E-state index is 0.